The van der Waals surface area contributed by atoms with Crippen LogP contribution in [0.4, 0.5) is 10.2 Å². The molecule has 1 saturated heterocycles. The predicted octanol–water partition coefficient (Wildman–Crippen LogP) is 3.75. The highest BCUT2D eigenvalue weighted by Crippen LogP contribution is 2.32. The van der Waals surface area contributed by atoms with E-state index in [1.54, 1.807) is 18.2 Å². The molecule has 144 valence electrons. The first-order valence-electron chi connectivity index (χ1n) is 9.14. The van der Waals surface area contributed by atoms with Crippen LogP contribution in [0.3, 0.4) is 0 Å². The van der Waals surface area contributed by atoms with E-state index in [1.165, 1.54) is 24.3 Å². The second kappa shape index (κ2) is 7.52. The number of hydrogen-bond donors (Lipinski definition) is 1. The van der Waals surface area contributed by atoms with Gasteiger partial charge in [0.1, 0.15) is 11.5 Å². The molecule has 0 saturated carbocycles. The molecule has 1 aliphatic heterocycles. The maximum Gasteiger partial charge on any atom is 0.335 e. The highest BCUT2D eigenvalue weighted by atomic mass is 19.1. The summed E-state index contributed by atoms with van der Waals surface area (Å²) in [6, 6.07) is 11.1. The summed E-state index contributed by atoms with van der Waals surface area (Å²) in [5.74, 6) is -0.679. The Kier molecular flexibility index (Phi) is 4.92. The van der Waals surface area contributed by atoms with E-state index < -0.39 is 5.97 Å². The lowest BCUT2D eigenvalue weighted by molar-refractivity contribution is 0.0697. The summed E-state index contributed by atoms with van der Waals surface area (Å²) in [4.78, 5) is 22.9. The Hall–Kier alpha value is -3.06. The number of halogens is 1. The highest BCUT2D eigenvalue weighted by Gasteiger charge is 2.24. The minimum Gasteiger partial charge on any atom is -0.478 e. The number of aromatic nitrogens is 2. The normalized spacial score (nSPS) is 14.9. The second-order valence-electron chi connectivity index (χ2n) is 6.87. The summed E-state index contributed by atoms with van der Waals surface area (Å²) in [6.07, 6.45) is 1.74. The molecule has 0 atom stereocenters. The number of rotatable bonds is 4. The number of carboxylic acids is 1. The van der Waals surface area contributed by atoms with Crippen molar-refractivity contribution in [3.8, 4) is 11.3 Å². The standard InChI is InChI=1S/C21H20FN3O3/c1-25(16-8-10-28-11-9-16)20-19(13-2-5-15(22)6-3-13)23-17-7-4-14(21(26)27)12-18(17)24-20/h2-7,12,16H,8-11H2,1H3,(H,26,27). The number of carboxylic acid groups (broad SMARTS) is 1. The lowest BCUT2D eigenvalue weighted by atomic mass is 10.1. The van der Waals surface area contributed by atoms with Crippen LogP contribution in [0.5, 0.6) is 0 Å². The van der Waals surface area contributed by atoms with Crippen molar-refractivity contribution in [1.82, 2.24) is 9.97 Å². The van der Waals surface area contributed by atoms with E-state index >= 15 is 0 Å². The van der Waals surface area contributed by atoms with E-state index in [2.05, 4.69) is 4.90 Å². The molecule has 1 N–H and O–H groups in total. The molecule has 1 aliphatic rings. The summed E-state index contributed by atoms with van der Waals surface area (Å²) in [5, 5.41) is 9.28. The lowest BCUT2D eigenvalue weighted by Gasteiger charge is -2.33. The van der Waals surface area contributed by atoms with Crippen molar-refractivity contribution < 1.29 is 19.0 Å². The van der Waals surface area contributed by atoms with Crippen LogP contribution in [-0.4, -0.2) is 47.3 Å². The summed E-state index contributed by atoms with van der Waals surface area (Å²) in [5.41, 5.74) is 2.67. The van der Waals surface area contributed by atoms with Gasteiger partial charge in [0.2, 0.25) is 0 Å². The summed E-state index contributed by atoms with van der Waals surface area (Å²) < 4.78 is 18.9. The SMILES string of the molecule is CN(c1nc2cc(C(=O)O)ccc2nc1-c1ccc(F)cc1)C1CCOCC1. The zero-order valence-corrected chi connectivity index (χ0v) is 15.4. The fourth-order valence-electron chi connectivity index (χ4n) is 3.47. The lowest BCUT2D eigenvalue weighted by Crippen LogP contribution is -2.37. The summed E-state index contributed by atoms with van der Waals surface area (Å²) >= 11 is 0. The summed E-state index contributed by atoms with van der Waals surface area (Å²) in [7, 11) is 1.96. The van der Waals surface area contributed by atoms with Gasteiger partial charge in [-0.15, -0.1) is 0 Å². The molecule has 0 amide bonds. The van der Waals surface area contributed by atoms with Crippen molar-refractivity contribution in [2.24, 2.45) is 0 Å². The predicted molar refractivity (Wildman–Crippen MR) is 104 cm³/mol. The minimum absolute atomic E-state index is 0.163. The fourth-order valence-corrected chi connectivity index (χ4v) is 3.47. The van der Waals surface area contributed by atoms with E-state index in [1.807, 2.05) is 7.05 Å². The Morgan fingerprint density at radius 2 is 1.82 bits per heavy atom. The molecule has 0 radical (unpaired) electrons. The first kappa shape index (κ1) is 18.3. The van der Waals surface area contributed by atoms with Crippen molar-refractivity contribution in [2.45, 2.75) is 18.9 Å². The van der Waals surface area contributed by atoms with Crippen molar-refractivity contribution in [1.29, 1.82) is 0 Å². The smallest absolute Gasteiger partial charge is 0.335 e. The molecule has 0 spiro atoms. The molecule has 6 nitrogen and oxygen atoms in total. The Balaban J connectivity index is 1.87. The van der Waals surface area contributed by atoms with Gasteiger partial charge in [-0.25, -0.2) is 19.2 Å². The van der Waals surface area contributed by atoms with Crippen molar-refractivity contribution in [3.63, 3.8) is 0 Å². The number of benzene rings is 2. The first-order chi connectivity index (χ1) is 13.5. The Morgan fingerprint density at radius 1 is 1.11 bits per heavy atom. The van der Waals surface area contributed by atoms with Crippen molar-refractivity contribution >= 4 is 22.8 Å². The van der Waals surface area contributed by atoms with Gasteiger partial charge in [-0.1, -0.05) is 0 Å². The molecule has 7 heteroatoms. The van der Waals surface area contributed by atoms with E-state index in [0.29, 0.717) is 35.8 Å². The van der Waals surface area contributed by atoms with Gasteiger partial charge in [0.25, 0.3) is 0 Å². The van der Waals surface area contributed by atoms with Crippen LogP contribution >= 0.6 is 0 Å². The third-order valence-corrected chi connectivity index (χ3v) is 5.08. The minimum atomic E-state index is -1.01. The maximum atomic E-state index is 13.4. The molecule has 2 aromatic carbocycles. The van der Waals surface area contributed by atoms with Crippen molar-refractivity contribution in [2.75, 3.05) is 25.2 Å². The van der Waals surface area contributed by atoms with Gasteiger partial charge in [0.15, 0.2) is 5.82 Å². The van der Waals surface area contributed by atoms with Gasteiger partial charge in [0, 0.05) is 31.9 Å². The number of hydrogen-bond acceptors (Lipinski definition) is 5. The van der Waals surface area contributed by atoms with Crippen LogP contribution in [0, 0.1) is 5.82 Å². The van der Waals surface area contributed by atoms with E-state index in [-0.39, 0.29) is 17.4 Å². The zero-order chi connectivity index (χ0) is 19.7. The molecular weight excluding hydrogens is 361 g/mol. The van der Waals surface area contributed by atoms with Gasteiger partial charge in [-0.05, 0) is 55.3 Å². The fraction of sp³-hybridized carbons (Fsp3) is 0.286. The first-order valence-corrected chi connectivity index (χ1v) is 9.14. The Morgan fingerprint density at radius 3 is 2.50 bits per heavy atom. The Labute approximate surface area is 161 Å². The molecule has 0 bridgehead atoms. The molecule has 3 aromatic rings. The quantitative estimate of drug-likeness (QED) is 0.742. The third-order valence-electron chi connectivity index (χ3n) is 5.08. The molecule has 1 fully saturated rings. The average molecular weight is 381 g/mol. The average Bonchev–Trinajstić information content (AvgIpc) is 2.73. The van der Waals surface area contributed by atoms with Crippen LogP contribution < -0.4 is 4.90 Å². The van der Waals surface area contributed by atoms with Gasteiger partial charge in [-0.2, -0.15) is 0 Å². The van der Waals surface area contributed by atoms with Gasteiger partial charge in [-0.3, -0.25) is 0 Å². The van der Waals surface area contributed by atoms with E-state index in [0.717, 1.165) is 18.4 Å². The number of ether oxygens (including phenoxy) is 1. The summed E-state index contributed by atoms with van der Waals surface area (Å²) in [6.45, 7) is 1.37. The van der Waals surface area contributed by atoms with Crippen LogP contribution in [0.1, 0.15) is 23.2 Å². The van der Waals surface area contributed by atoms with E-state index in [4.69, 9.17) is 14.7 Å². The molecule has 2 heterocycles. The number of anilines is 1. The maximum absolute atomic E-state index is 13.4. The monoisotopic (exact) mass is 381 g/mol. The number of carbonyl (C=O) groups is 1. The molecule has 0 unspecified atom stereocenters. The second-order valence-corrected chi connectivity index (χ2v) is 6.87. The molecule has 0 aliphatic carbocycles. The molecule has 4 rings (SSSR count). The van der Waals surface area contributed by atoms with Crippen LogP contribution in [-0.2, 0) is 4.74 Å². The van der Waals surface area contributed by atoms with Gasteiger partial charge < -0.3 is 14.7 Å². The zero-order valence-electron chi connectivity index (χ0n) is 15.4. The van der Waals surface area contributed by atoms with Gasteiger partial charge >= 0.3 is 5.97 Å². The molecule has 1 aromatic heterocycles. The number of fused-ring (bicyclic) bond motifs is 1. The van der Waals surface area contributed by atoms with Gasteiger partial charge in [0.05, 0.1) is 16.6 Å². The van der Waals surface area contributed by atoms with Crippen LogP contribution in [0.15, 0.2) is 42.5 Å². The number of nitrogens with zero attached hydrogens (tertiary/aromatic N) is 3. The molecule has 28 heavy (non-hydrogen) atoms. The third kappa shape index (κ3) is 3.53. The van der Waals surface area contributed by atoms with Crippen LogP contribution in [0.2, 0.25) is 0 Å². The van der Waals surface area contributed by atoms with Crippen molar-refractivity contribution in [3.05, 3.63) is 53.8 Å². The molecular formula is C21H20FN3O3. The largest absolute Gasteiger partial charge is 0.478 e. The van der Waals surface area contributed by atoms with Crippen LogP contribution in [0.25, 0.3) is 22.3 Å². The topological polar surface area (TPSA) is 75.6 Å². The van der Waals surface area contributed by atoms with E-state index in [9.17, 15) is 14.3 Å². The Bertz CT molecular complexity index is 1020. The highest BCUT2D eigenvalue weighted by molar-refractivity contribution is 5.93. The number of aromatic carboxylic acids is 1.